The van der Waals surface area contributed by atoms with Crippen molar-refractivity contribution in [1.29, 1.82) is 5.26 Å². The zero-order valence-corrected chi connectivity index (χ0v) is 61.6. The van der Waals surface area contributed by atoms with E-state index in [2.05, 4.69) is 326 Å². The second kappa shape index (κ2) is 24.4. The van der Waals surface area contributed by atoms with Gasteiger partial charge in [0, 0.05) is 110 Å². The molecule has 108 heavy (non-hydrogen) atoms. The van der Waals surface area contributed by atoms with Crippen LogP contribution >= 0.6 is 33.1 Å². The maximum atomic E-state index is 10.5. The second-order valence-corrected chi connectivity index (χ2v) is 34.7. The first-order chi connectivity index (χ1) is 52.8. The highest BCUT2D eigenvalue weighted by molar-refractivity contribution is 8.34. The Labute approximate surface area is 640 Å². The molecule has 2 aliphatic heterocycles. The van der Waals surface area contributed by atoms with Crippen LogP contribution in [0.2, 0.25) is 0 Å². The molecule has 0 atom stereocenters. The normalized spacial score (nSPS) is 13.0. The smallest absolute Gasteiger partial charge is 0.249 e. The lowest BCUT2D eigenvalue weighted by Crippen LogP contribution is -2.59. The van der Waals surface area contributed by atoms with E-state index in [1.807, 2.05) is 41.3 Å². The third-order valence-corrected chi connectivity index (χ3v) is 28.7. The zero-order valence-electron chi connectivity index (χ0n) is 59.2. The topological polar surface area (TPSA) is 50.0 Å². The van der Waals surface area contributed by atoms with Crippen molar-refractivity contribution in [2.24, 2.45) is 0 Å². The molecule has 15 aromatic carbocycles. The van der Waals surface area contributed by atoms with Crippen LogP contribution in [0.15, 0.2) is 337 Å². The number of para-hydroxylation sites is 2. The molecule has 0 bridgehead atoms. The summed E-state index contributed by atoms with van der Waals surface area (Å²) in [5.74, 6) is 0. The Morgan fingerprint density at radius 2 is 1.03 bits per heavy atom. The third-order valence-electron chi connectivity index (χ3n) is 22.5. The first-order valence-corrected chi connectivity index (χ1v) is 39.6. The van der Waals surface area contributed by atoms with Crippen molar-refractivity contribution in [2.75, 3.05) is 4.90 Å². The fourth-order valence-corrected chi connectivity index (χ4v) is 23.9. The van der Waals surface area contributed by atoms with E-state index < -0.39 is 10.0 Å². The van der Waals surface area contributed by atoms with Gasteiger partial charge >= 0.3 is 0 Å². The maximum Gasteiger partial charge on any atom is 0.249 e. The molecule has 0 N–H and O–H groups in total. The minimum absolute atomic E-state index is 0.197. The van der Waals surface area contributed by atoms with Crippen molar-refractivity contribution in [3.63, 3.8) is 0 Å². The van der Waals surface area contributed by atoms with E-state index in [4.69, 9.17) is 35.8 Å². The summed E-state index contributed by atoms with van der Waals surface area (Å²) in [6, 6.07) is 114. The fraction of sp³-hybridized carbons (Fsp3) is 0.0421. The highest BCUT2D eigenvalue weighted by Gasteiger charge is 2.44. The monoisotopic (exact) mass is 1420 g/mol. The number of furan rings is 1. The fourth-order valence-electron chi connectivity index (χ4n) is 17.6. The Morgan fingerprint density at radius 1 is 0.426 bits per heavy atom. The van der Waals surface area contributed by atoms with Crippen molar-refractivity contribution in [2.45, 2.75) is 55.6 Å². The quantitative estimate of drug-likeness (QED) is 0.135. The number of hydrogen-bond donors (Lipinski definition) is 0. The molecule has 498 valence electrons. The summed E-state index contributed by atoms with van der Waals surface area (Å²) in [6.07, 6.45) is 0. The van der Waals surface area contributed by atoms with Gasteiger partial charge in [0.15, 0.2) is 0 Å². The van der Waals surface area contributed by atoms with E-state index in [0.717, 1.165) is 115 Å². The average Bonchev–Trinajstić information content (AvgIpc) is 1.19. The maximum absolute atomic E-state index is 10.5. The van der Waals surface area contributed by atoms with Gasteiger partial charge in [-0.25, -0.2) is 0 Å². The van der Waals surface area contributed by atoms with Gasteiger partial charge in [-0.15, -0.1) is 32.3 Å². The SMILES string of the molecule is [B]c1c([B])c([B])c2c(c1[B])c1cc(C#N)ccc1n2-c1ccc2c(c1)N(c1ccc(C(C)(C)C)cc1-c1ccccc1)c1cc(-c3cc(S(c4ccccc4)(c4ccccc4)c4ccccc4)c4oc5ccc6sc7ccccc7c6c5c4c3)cc3c1B2c1ccc(-n2c4ccccc4c4ccccc42)cc1S3. The molecule has 0 saturated heterocycles. The molecule has 4 aromatic heterocycles. The lowest BCUT2D eigenvalue weighted by atomic mass is 9.35. The van der Waals surface area contributed by atoms with E-state index >= 15 is 0 Å². The molecule has 0 aliphatic carbocycles. The summed E-state index contributed by atoms with van der Waals surface area (Å²) in [5.41, 5.74) is 20.6. The summed E-state index contributed by atoms with van der Waals surface area (Å²) in [6.45, 7) is 6.61. The number of hydrogen-bond acceptors (Lipinski definition) is 5. The van der Waals surface area contributed by atoms with Crippen LogP contribution in [0, 0.1) is 11.3 Å². The number of benzene rings is 15. The molecule has 0 unspecified atom stereocenters. The number of anilines is 3. The van der Waals surface area contributed by atoms with Crippen LogP contribution in [0.3, 0.4) is 0 Å². The molecule has 5 nitrogen and oxygen atoms in total. The van der Waals surface area contributed by atoms with Crippen LogP contribution in [-0.2, 0) is 5.41 Å². The number of fused-ring (bicyclic) bond motifs is 17. The Morgan fingerprint density at radius 3 is 1.70 bits per heavy atom. The van der Waals surface area contributed by atoms with Crippen LogP contribution in [0.5, 0.6) is 0 Å². The summed E-state index contributed by atoms with van der Waals surface area (Å²) < 4.78 is 14.7. The van der Waals surface area contributed by atoms with Crippen molar-refractivity contribution >= 4 is 212 Å². The summed E-state index contributed by atoms with van der Waals surface area (Å²) >= 11 is 3.69. The molecule has 21 rings (SSSR count). The first-order valence-electron chi connectivity index (χ1n) is 36.3. The zero-order chi connectivity index (χ0) is 72.6. The van der Waals surface area contributed by atoms with Crippen LogP contribution in [0.4, 0.5) is 17.1 Å². The molecule has 0 amide bonds. The molecule has 0 fully saturated rings. The van der Waals surface area contributed by atoms with Crippen molar-refractivity contribution < 1.29 is 4.42 Å². The molecule has 0 saturated carbocycles. The minimum Gasteiger partial charge on any atom is -0.455 e. The average molecular weight is 1420 g/mol. The lowest BCUT2D eigenvalue weighted by molar-refractivity contribution is 0.590. The molecule has 19 aromatic rings. The number of nitrogens with zero attached hydrogens (tertiary/aromatic N) is 4. The molecule has 6 heterocycles. The molecular weight excluding hydrogens is 1360 g/mol. The van der Waals surface area contributed by atoms with Gasteiger partial charge < -0.3 is 18.5 Å². The van der Waals surface area contributed by atoms with Gasteiger partial charge in [0.2, 0.25) is 6.71 Å². The van der Waals surface area contributed by atoms with Gasteiger partial charge in [-0.05, 0) is 190 Å². The van der Waals surface area contributed by atoms with Crippen molar-refractivity contribution in [3.05, 3.63) is 314 Å². The van der Waals surface area contributed by atoms with Crippen molar-refractivity contribution in [3.8, 4) is 39.7 Å². The number of rotatable bonds is 9. The van der Waals surface area contributed by atoms with Gasteiger partial charge in [-0.2, -0.15) is 5.26 Å². The summed E-state index contributed by atoms with van der Waals surface area (Å²) in [4.78, 5) is 9.54. The van der Waals surface area contributed by atoms with E-state index in [9.17, 15) is 5.26 Å². The number of thiophene rings is 1. The Kier molecular flexibility index (Phi) is 14.6. The third kappa shape index (κ3) is 9.46. The molecule has 0 spiro atoms. The highest BCUT2D eigenvalue weighted by atomic mass is 32.3. The first kappa shape index (κ1) is 64.6. The largest absolute Gasteiger partial charge is 0.455 e. The van der Waals surface area contributed by atoms with E-state index in [1.54, 1.807) is 0 Å². The highest BCUT2D eigenvalue weighted by Crippen LogP contribution is 2.75. The Bertz CT molecular complexity index is 6950. The Hall–Kier alpha value is -11.8. The van der Waals surface area contributed by atoms with Crippen LogP contribution in [0.25, 0.3) is 119 Å². The van der Waals surface area contributed by atoms with Gasteiger partial charge in [0.25, 0.3) is 0 Å². The van der Waals surface area contributed by atoms with Crippen LogP contribution < -0.4 is 43.1 Å². The Balaban J connectivity index is 0.916. The second-order valence-electron chi connectivity index (χ2n) is 29.4. The van der Waals surface area contributed by atoms with Crippen LogP contribution in [0.1, 0.15) is 31.9 Å². The lowest BCUT2D eigenvalue weighted by Gasteiger charge is -2.42. The molecule has 2 aliphatic rings. The van der Waals surface area contributed by atoms with Gasteiger partial charge in [0.05, 0.1) is 33.9 Å². The number of nitriles is 1. The van der Waals surface area contributed by atoms with Gasteiger partial charge in [-0.3, -0.25) is 0 Å². The van der Waals surface area contributed by atoms with Crippen molar-refractivity contribution in [1.82, 2.24) is 9.13 Å². The van der Waals surface area contributed by atoms with E-state index in [0.29, 0.717) is 27.4 Å². The minimum atomic E-state index is -2.40. The van der Waals surface area contributed by atoms with E-state index in [-0.39, 0.29) is 23.1 Å². The number of aromatic nitrogens is 2. The van der Waals surface area contributed by atoms with Gasteiger partial charge in [0.1, 0.15) is 42.6 Å². The predicted molar refractivity (Wildman–Crippen MR) is 461 cm³/mol. The van der Waals surface area contributed by atoms with Crippen LogP contribution in [-0.4, -0.2) is 47.2 Å². The summed E-state index contributed by atoms with van der Waals surface area (Å²) in [7, 11) is 25.7. The molecule has 13 heteroatoms. The summed E-state index contributed by atoms with van der Waals surface area (Å²) in [5, 5.41) is 18.8. The van der Waals surface area contributed by atoms with E-state index in [1.165, 1.54) is 62.1 Å². The standard InChI is InChI=1S/C95H59B5N4OS3/c1-95(2,3)59-37-43-75(68(51-59)56-22-8-4-9-23-56)104-77-52-60(103-76-42-36-55(54-101)46-69(76)87-88(96)89(97)90(98)91(99)93(87)103)38-40-71(77)100-72-41-39-61(102-73-33-19-16-30-65(73)66-31-17-20-34-74(66)102)53-82(72)107-83-49-58(48-78(104)92(83)100)57-47-70-85-79(44-45-81-86(85)67-32-18-21-35-80(67)106-81)105-94(70)84(50-57)108(62-24-10-5-11-25-62,63-26-12-6-13-27-63)64-28-14-7-15-29-64/h4-53H,1-3H3. The molecular formula is C95H59B5N4OS3. The predicted octanol–water partition coefficient (Wildman–Crippen LogP) is 19.9. The molecule has 8 radical (unpaired) electrons. The van der Waals surface area contributed by atoms with Gasteiger partial charge in [-0.1, -0.05) is 207 Å².